The molecule has 3 aromatic rings. The zero-order valence-corrected chi connectivity index (χ0v) is 17.7. The summed E-state index contributed by atoms with van der Waals surface area (Å²) in [5.41, 5.74) is 2.22. The van der Waals surface area contributed by atoms with Gasteiger partial charge in [0.25, 0.3) is 5.91 Å². The van der Waals surface area contributed by atoms with E-state index in [2.05, 4.69) is 31.0 Å². The van der Waals surface area contributed by atoms with E-state index in [9.17, 15) is 9.59 Å². The van der Waals surface area contributed by atoms with Crippen LogP contribution in [0.25, 0.3) is 11.7 Å². The van der Waals surface area contributed by atoms with Crippen LogP contribution in [0.3, 0.4) is 0 Å². The van der Waals surface area contributed by atoms with Crippen LogP contribution in [0.1, 0.15) is 30.4 Å². The number of carbonyl (C=O) groups is 2. The van der Waals surface area contributed by atoms with E-state index in [0.717, 1.165) is 18.4 Å². The number of benzene rings is 1. The van der Waals surface area contributed by atoms with Crippen LogP contribution in [0.2, 0.25) is 10.0 Å². The first-order valence-corrected chi connectivity index (χ1v) is 10.5. The van der Waals surface area contributed by atoms with Crippen molar-refractivity contribution in [1.82, 2.24) is 24.9 Å². The number of anilines is 2. The molecule has 0 atom stereocenters. The average Bonchev–Trinajstić information content (AvgIpc) is 3.36. The average molecular weight is 458 g/mol. The van der Waals surface area contributed by atoms with Crippen molar-refractivity contribution < 1.29 is 9.59 Å². The van der Waals surface area contributed by atoms with E-state index >= 15 is 0 Å². The van der Waals surface area contributed by atoms with E-state index < -0.39 is 5.91 Å². The van der Waals surface area contributed by atoms with Crippen LogP contribution in [0.15, 0.2) is 30.0 Å². The third-order valence-electron chi connectivity index (χ3n) is 5.02. The number of fused-ring (bicyclic) bond motifs is 1. The zero-order chi connectivity index (χ0) is 21.5. The lowest BCUT2D eigenvalue weighted by atomic mass is 10.1. The van der Waals surface area contributed by atoms with Crippen LogP contribution in [0.5, 0.6) is 0 Å². The number of hydrogen-bond donors (Lipinski definition) is 3. The Morgan fingerprint density at radius 1 is 1.19 bits per heavy atom. The predicted molar refractivity (Wildman–Crippen MR) is 117 cm³/mol. The Morgan fingerprint density at radius 3 is 2.65 bits per heavy atom. The Morgan fingerprint density at radius 2 is 1.97 bits per heavy atom. The maximum absolute atomic E-state index is 11.9. The highest BCUT2D eigenvalue weighted by Gasteiger charge is 2.26. The van der Waals surface area contributed by atoms with E-state index in [1.165, 1.54) is 0 Å². The number of carbonyl (C=O) groups excluding carboxylic acids is 2. The van der Waals surface area contributed by atoms with E-state index in [0.29, 0.717) is 51.3 Å². The van der Waals surface area contributed by atoms with E-state index in [4.69, 9.17) is 23.2 Å². The standard InChI is InChI=1S/C20H17Cl2N7O2/c21-14-2-1-3-15(22)13(14)9-23-19-27-17-11(6-10-7-16(30)26-18(10)31)8-24-29(17)20(28-19)25-12-4-5-12/h1-3,6,8,12H,4-5,7,9H2,(H,26,30,31)(H2,23,25,27,28)/b10-6+. The first kappa shape index (κ1) is 19.8. The van der Waals surface area contributed by atoms with E-state index in [-0.39, 0.29) is 12.3 Å². The number of rotatable bonds is 6. The molecule has 3 N–H and O–H groups in total. The smallest absolute Gasteiger partial charge is 0.254 e. The summed E-state index contributed by atoms with van der Waals surface area (Å²) in [6.45, 7) is 0.332. The molecule has 2 aromatic heterocycles. The molecule has 2 aliphatic rings. The molecular weight excluding hydrogens is 441 g/mol. The molecule has 0 bridgehead atoms. The van der Waals surface area contributed by atoms with Crippen molar-refractivity contribution in [3.63, 3.8) is 0 Å². The van der Waals surface area contributed by atoms with E-state index in [1.54, 1.807) is 35.0 Å². The number of halogens is 2. The molecule has 1 aliphatic carbocycles. The van der Waals surface area contributed by atoms with Crippen molar-refractivity contribution in [3.05, 3.63) is 51.1 Å². The molecule has 2 fully saturated rings. The molecule has 31 heavy (non-hydrogen) atoms. The molecule has 158 valence electrons. The fourth-order valence-corrected chi connectivity index (χ4v) is 3.79. The van der Waals surface area contributed by atoms with Gasteiger partial charge in [-0.2, -0.15) is 19.6 Å². The molecule has 5 rings (SSSR count). The molecule has 1 aliphatic heterocycles. The van der Waals surface area contributed by atoms with Crippen molar-refractivity contribution in [2.45, 2.75) is 31.8 Å². The minimum atomic E-state index is -0.401. The number of aromatic nitrogens is 4. The molecule has 1 aromatic carbocycles. The molecular formula is C20H17Cl2N7O2. The Balaban J connectivity index is 1.51. The van der Waals surface area contributed by atoms with Crippen LogP contribution in [0.4, 0.5) is 11.9 Å². The van der Waals surface area contributed by atoms with E-state index in [1.807, 2.05) is 0 Å². The lowest BCUT2D eigenvalue weighted by molar-refractivity contribution is -0.124. The summed E-state index contributed by atoms with van der Waals surface area (Å²) >= 11 is 12.5. The maximum Gasteiger partial charge on any atom is 0.254 e. The summed E-state index contributed by atoms with van der Waals surface area (Å²) in [6.07, 6.45) is 5.38. The molecule has 0 unspecified atom stereocenters. The fraction of sp³-hybridized carbons (Fsp3) is 0.250. The first-order chi connectivity index (χ1) is 15.0. The van der Waals surface area contributed by atoms with Gasteiger partial charge in [-0.1, -0.05) is 29.3 Å². The molecule has 3 heterocycles. The van der Waals surface area contributed by atoms with Gasteiger partial charge in [0.1, 0.15) is 0 Å². The number of hydrogen-bond acceptors (Lipinski definition) is 7. The van der Waals surface area contributed by atoms with Crippen LogP contribution in [-0.4, -0.2) is 37.4 Å². The Kier molecular flexibility index (Phi) is 4.99. The molecule has 1 saturated carbocycles. The third kappa shape index (κ3) is 4.06. The Bertz CT molecular complexity index is 1230. The highest BCUT2D eigenvalue weighted by Crippen LogP contribution is 2.28. The largest absolute Gasteiger partial charge is 0.351 e. The van der Waals surface area contributed by atoms with Gasteiger partial charge in [-0.15, -0.1) is 0 Å². The highest BCUT2D eigenvalue weighted by molar-refractivity contribution is 6.36. The summed E-state index contributed by atoms with van der Waals surface area (Å²) in [5, 5.41) is 14.3. The van der Waals surface area contributed by atoms with Gasteiger partial charge < -0.3 is 10.6 Å². The molecule has 0 spiro atoms. The van der Waals surface area contributed by atoms with Crippen molar-refractivity contribution in [1.29, 1.82) is 0 Å². The van der Waals surface area contributed by atoms with Crippen molar-refractivity contribution in [2.24, 2.45) is 0 Å². The van der Waals surface area contributed by atoms with Gasteiger partial charge in [0, 0.05) is 39.3 Å². The minimum Gasteiger partial charge on any atom is -0.351 e. The van der Waals surface area contributed by atoms with Gasteiger partial charge in [-0.05, 0) is 31.1 Å². The topological polar surface area (TPSA) is 113 Å². The summed E-state index contributed by atoms with van der Waals surface area (Å²) in [4.78, 5) is 32.6. The number of amides is 2. The zero-order valence-electron chi connectivity index (χ0n) is 16.2. The van der Waals surface area contributed by atoms with Crippen LogP contribution >= 0.6 is 23.2 Å². The quantitative estimate of drug-likeness (QED) is 0.384. The molecule has 0 radical (unpaired) electrons. The molecule has 2 amide bonds. The van der Waals surface area contributed by atoms with Crippen molar-refractivity contribution >= 4 is 58.6 Å². The summed E-state index contributed by atoms with van der Waals surface area (Å²) in [5.74, 6) is 0.175. The van der Waals surface area contributed by atoms with Crippen molar-refractivity contribution in [3.8, 4) is 0 Å². The van der Waals surface area contributed by atoms with Gasteiger partial charge in [-0.25, -0.2) is 0 Å². The van der Waals surface area contributed by atoms with Crippen molar-refractivity contribution in [2.75, 3.05) is 10.6 Å². The lowest BCUT2D eigenvalue weighted by Gasteiger charge is -2.11. The van der Waals surface area contributed by atoms with Crippen LogP contribution < -0.4 is 16.0 Å². The predicted octanol–water partition coefficient (Wildman–Crippen LogP) is 3.05. The normalized spacial score (nSPS) is 17.4. The number of nitrogens with zero attached hydrogens (tertiary/aromatic N) is 4. The fourth-order valence-electron chi connectivity index (χ4n) is 3.26. The third-order valence-corrected chi connectivity index (χ3v) is 5.72. The van der Waals surface area contributed by atoms with Crippen LogP contribution in [0, 0.1) is 0 Å². The Hall–Kier alpha value is -3.17. The van der Waals surface area contributed by atoms with Gasteiger partial charge in [-0.3, -0.25) is 14.9 Å². The minimum absolute atomic E-state index is 0.0323. The van der Waals surface area contributed by atoms with Gasteiger partial charge >= 0.3 is 0 Å². The van der Waals surface area contributed by atoms with Gasteiger partial charge in [0.05, 0.1) is 12.6 Å². The Labute approximate surface area is 186 Å². The summed E-state index contributed by atoms with van der Waals surface area (Å²) < 4.78 is 1.59. The molecule has 11 heteroatoms. The maximum atomic E-state index is 11.9. The number of imide groups is 1. The molecule has 9 nitrogen and oxygen atoms in total. The van der Waals surface area contributed by atoms with Gasteiger partial charge in [0.15, 0.2) is 5.65 Å². The first-order valence-electron chi connectivity index (χ1n) is 9.72. The monoisotopic (exact) mass is 457 g/mol. The van der Waals surface area contributed by atoms with Gasteiger partial charge in [0.2, 0.25) is 17.8 Å². The number of nitrogens with one attached hydrogen (secondary N) is 3. The second kappa shape index (κ2) is 7.82. The second-order valence-electron chi connectivity index (χ2n) is 7.40. The second-order valence-corrected chi connectivity index (χ2v) is 8.22. The highest BCUT2D eigenvalue weighted by atomic mass is 35.5. The molecule has 1 saturated heterocycles. The summed E-state index contributed by atoms with van der Waals surface area (Å²) in [6, 6.07) is 5.66. The summed E-state index contributed by atoms with van der Waals surface area (Å²) in [7, 11) is 0. The SMILES string of the molecule is O=C1C/C(=C\c2cnn3c(NC4CC4)nc(NCc4c(Cl)cccc4Cl)nc23)C(=O)N1. The van der Waals surface area contributed by atoms with Crippen LogP contribution in [-0.2, 0) is 16.1 Å². The lowest BCUT2D eigenvalue weighted by Crippen LogP contribution is -2.19.